The first-order valence-corrected chi connectivity index (χ1v) is 12.1. The van der Waals surface area contributed by atoms with E-state index >= 15 is 0 Å². The highest BCUT2D eigenvalue weighted by atomic mass is 16.5. The highest BCUT2D eigenvalue weighted by Crippen LogP contribution is 2.21. The normalized spacial score (nSPS) is 15.3. The minimum atomic E-state index is -0.766. The second-order valence-electron chi connectivity index (χ2n) is 8.52. The smallest absolute Gasteiger partial charge is 0.349 e. The van der Waals surface area contributed by atoms with E-state index in [9.17, 15) is 14.4 Å². The molecule has 0 aliphatic carbocycles. The molecular formula is C28H29NO7. The van der Waals surface area contributed by atoms with Crippen LogP contribution in [0.3, 0.4) is 0 Å². The molecule has 1 aliphatic heterocycles. The maximum absolute atomic E-state index is 12.4. The van der Waals surface area contributed by atoms with Crippen LogP contribution in [0.4, 0.5) is 0 Å². The van der Waals surface area contributed by atoms with Crippen LogP contribution < -0.4 is 20.4 Å². The zero-order valence-electron chi connectivity index (χ0n) is 20.2. The number of nitrogens with one attached hydrogen (secondary N) is 1. The number of ether oxygens (including phenoxy) is 3. The Balaban J connectivity index is 1.36. The molecule has 1 amide bonds. The molecule has 1 N–H and O–H groups in total. The first kappa shape index (κ1) is 25.2. The van der Waals surface area contributed by atoms with Crippen molar-refractivity contribution in [1.29, 1.82) is 0 Å². The summed E-state index contributed by atoms with van der Waals surface area (Å²) in [5.41, 5.74) is 0.181. The number of esters is 1. The predicted octanol–water partition coefficient (Wildman–Crippen LogP) is 4.50. The summed E-state index contributed by atoms with van der Waals surface area (Å²) in [5.74, 6) is -0.0905. The van der Waals surface area contributed by atoms with Crippen molar-refractivity contribution < 1.29 is 28.2 Å². The van der Waals surface area contributed by atoms with Crippen molar-refractivity contribution in [1.82, 2.24) is 5.32 Å². The van der Waals surface area contributed by atoms with Gasteiger partial charge in [0.2, 0.25) is 0 Å². The van der Waals surface area contributed by atoms with Gasteiger partial charge in [-0.2, -0.15) is 0 Å². The molecule has 2 heterocycles. The first-order chi connectivity index (χ1) is 17.5. The van der Waals surface area contributed by atoms with Crippen LogP contribution in [0.2, 0.25) is 0 Å². The lowest BCUT2D eigenvalue weighted by Gasteiger charge is -2.10. The summed E-state index contributed by atoms with van der Waals surface area (Å²) in [6.45, 7) is 3.81. The number of carbonyl (C=O) groups excluding carboxylic acids is 2. The number of unbranched alkanes of at least 4 members (excludes halogenated alkanes) is 1. The molecule has 2 aromatic carbocycles. The Kier molecular flexibility index (Phi) is 8.52. The number of amides is 1. The minimum absolute atomic E-state index is 0.0309. The minimum Gasteiger partial charge on any atom is -0.494 e. The highest BCUT2D eigenvalue weighted by Gasteiger charge is 2.19. The fourth-order valence-electron chi connectivity index (χ4n) is 3.74. The average Bonchev–Trinajstić information content (AvgIpc) is 3.40. The lowest BCUT2D eigenvalue weighted by Crippen LogP contribution is -2.34. The summed E-state index contributed by atoms with van der Waals surface area (Å²) in [6.07, 6.45) is 6.83. The summed E-state index contributed by atoms with van der Waals surface area (Å²) in [6, 6.07) is 13.5. The third-order valence-electron chi connectivity index (χ3n) is 5.74. The molecule has 3 aromatic rings. The fraction of sp³-hybridized carbons (Fsp3) is 0.321. The summed E-state index contributed by atoms with van der Waals surface area (Å²) in [5, 5.41) is 3.25. The molecular weight excluding hydrogens is 462 g/mol. The number of rotatable bonds is 10. The van der Waals surface area contributed by atoms with Gasteiger partial charge in [-0.3, -0.25) is 4.79 Å². The van der Waals surface area contributed by atoms with Crippen molar-refractivity contribution in [3.05, 3.63) is 76.2 Å². The maximum Gasteiger partial charge on any atom is 0.349 e. The Morgan fingerprint density at radius 2 is 1.92 bits per heavy atom. The monoisotopic (exact) mass is 491 g/mol. The Bertz CT molecular complexity index is 1290. The van der Waals surface area contributed by atoms with Gasteiger partial charge in [-0.1, -0.05) is 25.5 Å². The van der Waals surface area contributed by atoms with E-state index in [4.69, 9.17) is 18.6 Å². The van der Waals surface area contributed by atoms with Gasteiger partial charge in [0.1, 0.15) is 22.6 Å². The van der Waals surface area contributed by atoms with Crippen LogP contribution in [0.15, 0.2) is 63.8 Å². The van der Waals surface area contributed by atoms with Crippen LogP contribution in [0.5, 0.6) is 11.5 Å². The standard InChI is InChI=1S/C28H29NO7/c1-2-3-14-33-21-10-6-19(7-11-21)8-13-26(30)35-22-12-9-20-16-24(28(32)36-25(20)17-22)27(31)29-18-23-5-4-15-34-23/h6-13,16-17,23H,2-5,14-15,18H2,1H3,(H,29,31)/b13-8+. The lowest BCUT2D eigenvalue weighted by molar-refractivity contribution is -0.128. The number of benzene rings is 2. The molecule has 1 atom stereocenters. The molecule has 1 unspecified atom stereocenters. The number of carbonyl (C=O) groups is 2. The second kappa shape index (κ2) is 12.2. The van der Waals surface area contributed by atoms with Gasteiger partial charge >= 0.3 is 11.6 Å². The Morgan fingerprint density at radius 1 is 1.11 bits per heavy atom. The van der Waals surface area contributed by atoms with Crippen molar-refractivity contribution >= 4 is 28.9 Å². The number of hydrogen-bond acceptors (Lipinski definition) is 7. The van der Waals surface area contributed by atoms with Gasteiger partial charge in [-0.25, -0.2) is 9.59 Å². The van der Waals surface area contributed by atoms with Crippen LogP contribution in [0.25, 0.3) is 17.0 Å². The van der Waals surface area contributed by atoms with Crippen LogP contribution >= 0.6 is 0 Å². The van der Waals surface area contributed by atoms with Gasteiger partial charge in [-0.05, 0) is 61.2 Å². The van der Waals surface area contributed by atoms with Crippen molar-refractivity contribution in [2.24, 2.45) is 0 Å². The van der Waals surface area contributed by atoms with Crippen molar-refractivity contribution in [3.63, 3.8) is 0 Å². The summed E-state index contributed by atoms with van der Waals surface area (Å²) in [7, 11) is 0. The van der Waals surface area contributed by atoms with Crippen LogP contribution in [-0.2, 0) is 9.53 Å². The lowest BCUT2D eigenvalue weighted by atomic mass is 10.1. The molecule has 0 bridgehead atoms. The van der Waals surface area contributed by atoms with E-state index in [-0.39, 0.29) is 23.0 Å². The van der Waals surface area contributed by atoms with E-state index in [0.717, 1.165) is 37.0 Å². The SMILES string of the molecule is CCCCOc1ccc(/C=C/C(=O)Oc2ccc3cc(C(=O)NCC4CCCO4)c(=O)oc3c2)cc1. The fourth-order valence-corrected chi connectivity index (χ4v) is 3.74. The molecule has 4 rings (SSSR count). The Morgan fingerprint density at radius 3 is 2.67 bits per heavy atom. The van der Waals surface area contributed by atoms with E-state index in [1.165, 1.54) is 18.2 Å². The van der Waals surface area contributed by atoms with Crippen molar-refractivity contribution in [3.8, 4) is 11.5 Å². The molecule has 36 heavy (non-hydrogen) atoms. The topological polar surface area (TPSA) is 104 Å². The third kappa shape index (κ3) is 6.82. The average molecular weight is 492 g/mol. The van der Waals surface area contributed by atoms with Crippen LogP contribution in [-0.4, -0.2) is 37.7 Å². The van der Waals surface area contributed by atoms with E-state index < -0.39 is 17.5 Å². The predicted molar refractivity (Wildman–Crippen MR) is 135 cm³/mol. The molecule has 0 spiro atoms. The quantitative estimate of drug-likeness (QED) is 0.146. The second-order valence-corrected chi connectivity index (χ2v) is 8.52. The molecule has 1 aliphatic rings. The largest absolute Gasteiger partial charge is 0.494 e. The van der Waals surface area contributed by atoms with Gasteiger partial charge in [0, 0.05) is 30.7 Å². The van der Waals surface area contributed by atoms with Crippen molar-refractivity contribution in [2.75, 3.05) is 19.8 Å². The van der Waals surface area contributed by atoms with E-state index in [0.29, 0.717) is 25.1 Å². The van der Waals surface area contributed by atoms with Gasteiger partial charge in [-0.15, -0.1) is 0 Å². The zero-order chi connectivity index (χ0) is 25.3. The number of fused-ring (bicyclic) bond motifs is 1. The zero-order valence-corrected chi connectivity index (χ0v) is 20.2. The van der Waals surface area contributed by atoms with Gasteiger partial charge in [0.05, 0.1) is 12.7 Å². The molecule has 8 nitrogen and oxygen atoms in total. The molecule has 1 fully saturated rings. The molecule has 1 aromatic heterocycles. The molecule has 188 valence electrons. The number of hydrogen-bond donors (Lipinski definition) is 1. The molecule has 1 saturated heterocycles. The maximum atomic E-state index is 12.4. The first-order valence-electron chi connectivity index (χ1n) is 12.1. The highest BCUT2D eigenvalue weighted by molar-refractivity contribution is 5.97. The van der Waals surface area contributed by atoms with E-state index in [2.05, 4.69) is 12.2 Å². The Hall–Kier alpha value is -3.91. The summed E-state index contributed by atoms with van der Waals surface area (Å²) >= 11 is 0. The van der Waals surface area contributed by atoms with E-state index in [1.807, 2.05) is 24.3 Å². The van der Waals surface area contributed by atoms with Crippen molar-refractivity contribution in [2.45, 2.75) is 38.7 Å². The van der Waals surface area contributed by atoms with Gasteiger partial charge in [0.25, 0.3) is 5.91 Å². The molecule has 0 saturated carbocycles. The van der Waals surface area contributed by atoms with Gasteiger partial charge in [0.15, 0.2) is 0 Å². The molecule has 0 radical (unpaired) electrons. The molecule has 8 heteroatoms. The summed E-state index contributed by atoms with van der Waals surface area (Å²) < 4.78 is 21.8. The third-order valence-corrected chi connectivity index (χ3v) is 5.74. The Labute approximate surface area is 208 Å². The van der Waals surface area contributed by atoms with Crippen LogP contribution in [0.1, 0.15) is 48.5 Å². The van der Waals surface area contributed by atoms with Crippen LogP contribution in [0, 0.1) is 0 Å². The summed E-state index contributed by atoms with van der Waals surface area (Å²) in [4.78, 5) is 37.1. The van der Waals surface area contributed by atoms with Gasteiger partial charge < -0.3 is 23.9 Å². The van der Waals surface area contributed by atoms with E-state index in [1.54, 1.807) is 18.2 Å².